The van der Waals surface area contributed by atoms with E-state index in [0.717, 1.165) is 0 Å². The predicted octanol–water partition coefficient (Wildman–Crippen LogP) is -0.514. The van der Waals surface area contributed by atoms with E-state index < -0.39 is 0 Å². The van der Waals surface area contributed by atoms with Crippen molar-refractivity contribution in [3.63, 3.8) is 0 Å². The summed E-state index contributed by atoms with van der Waals surface area (Å²) in [6.45, 7) is 2.77. The lowest BCUT2D eigenvalue weighted by Crippen LogP contribution is -2.58. The average molecular weight is 280 g/mol. The lowest BCUT2D eigenvalue weighted by molar-refractivity contribution is -0.141. The third-order valence-electron chi connectivity index (χ3n) is 3.34. The Balaban J connectivity index is 2.50. The molecule has 0 aliphatic carbocycles. The van der Waals surface area contributed by atoms with Crippen molar-refractivity contribution in [3.05, 3.63) is 0 Å². The van der Waals surface area contributed by atoms with E-state index in [9.17, 15) is 14.4 Å². The first kappa shape index (κ1) is 16.1. The number of amides is 3. The number of hydrogen-bond donors (Lipinski definition) is 1. The number of nitrogens with zero attached hydrogens (tertiary/aromatic N) is 3. The summed E-state index contributed by atoms with van der Waals surface area (Å²) in [7, 11) is 1.64. The van der Waals surface area contributed by atoms with Gasteiger partial charge >= 0.3 is 0 Å². The van der Waals surface area contributed by atoms with Crippen LogP contribution in [0.5, 0.6) is 0 Å². The topological polar surface area (TPSA) is 93.5 Å². The van der Waals surface area contributed by atoms with Crippen LogP contribution in [0.3, 0.4) is 0 Å². The average Bonchev–Trinajstić information content (AvgIpc) is 2.41. The quantitative estimate of drug-likeness (QED) is 0.661. The number of hydrogen-bond acceptors (Lipinski definition) is 5. The van der Waals surface area contributed by atoms with E-state index in [1.807, 2.05) is 13.0 Å². The van der Waals surface area contributed by atoms with Crippen LogP contribution < -0.4 is 5.32 Å². The summed E-state index contributed by atoms with van der Waals surface area (Å²) in [5.41, 5.74) is 0. The fraction of sp³-hybridized carbons (Fsp3) is 0.692. The van der Waals surface area contributed by atoms with Gasteiger partial charge in [-0.1, -0.05) is 6.92 Å². The monoisotopic (exact) mass is 280 g/mol. The lowest BCUT2D eigenvalue weighted by Gasteiger charge is -2.33. The summed E-state index contributed by atoms with van der Waals surface area (Å²) in [4.78, 5) is 38.1. The Morgan fingerprint density at radius 2 is 2.25 bits per heavy atom. The maximum Gasteiger partial charge on any atom is 0.243 e. The molecule has 0 aromatic rings. The highest BCUT2D eigenvalue weighted by molar-refractivity contribution is 6.01. The molecule has 1 saturated heterocycles. The summed E-state index contributed by atoms with van der Waals surface area (Å²) in [5.74, 6) is -0.715. The number of piperazine rings is 1. The van der Waals surface area contributed by atoms with Gasteiger partial charge in [0, 0.05) is 26.6 Å². The van der Waals surface area contributed by atoms with Gasteiger partial charge < -0.3 is 4.90 Å². The molecule has 7 heteroatoms. The number of rotatable bonds is 6. The largest absolute Gasteiger partial charge is 0.345 e. The van der Waals surface area contributed by atoms with Crippen molar-refractivity contribution in [3.8, 4) is 6.07 Å². The minimum atomic E-state index is -0.357. The second-order valence-electron chi connectivity index (χ2n) is 4.78. The van der Waals surface area contributed by atoms with Crippen LogP contribution in [0.2, 0.25) is 0 Å². The van der Waals surface area contributed by atoms with Crippen LogP contribution in [0, 0.1) is 11.3 Å². The van der Waals surface area contributed by atoms with Gasteiger partial charge in [0.05, 0.1) is 25.1 Å². The molecule has 0 aromatic heterocycles. The molecule has 1 unspecified atom stereocenters. The highest BCUT2D eigenvalue weighted by Gasteiger charge is 2.32. The predicted molar refractivity (Wildman–Crippen MR) is 71.3 cm³/mol. The highest BCUT2D eigenvalue weighted by atomic mass is 16.2. The zero-order valence-electron chi connectivity index (χ0n) is 11.9. The van der Waals surface area contributed by atoms with Gasteiger partial charge in [0.2, 0.25) is 17.7 Å². The van der Waals surface area contributed by atoms with Crippen molar-refractivity contribution >= 4 is 17.7 Å². The van der Waals surface area contributed by atoms with E-state index in [0.29, 0.717) is 25.9 Å². The van der Waals surface area contributed by atoms with Crippen molar-refractivity contribution in [2.24, 2.45) is 0 Å². The molecule has 0 spiro atoms. The molecule has 3 amide bonds. The van der Waals surface area contributed by atoms with Crippen LogP contribution in [0.25, 0.3) is 0 Å². The molecule has 1 fully saturated rings. The molecule has 1 aliphatic rings. The Kier molecular flexibility index (Phi) is 6.12. The van der Waals surface area contributed by atoms with Crippen LogP contribution >= 0.6 is 0 Å². The van der Waals surface area contributed by atoms with E-state index in [1.165, 1.54) is 4.90 Å². The minimum Gasteiger partial charge on any atom is -0.345 e. The summed E-state index contributed by atoms with van der Waals surface area (Å²) in [6.07, 6.45) is 1.13. The molecular formula is C13H20N4O3. The Hall–Kier alpha value is -1.94. The van der Waals surface area contributed by atoms with Crippen molar-refractivity contribution in [2.45, 2.75) is 32.2 Å². The molecule has 20 heavy (non-hydrogen) atoms. The molecule has 0 radical (unpaired) electrons. The fourth-order valence-corrected chi connectivity index (χ4v) is 2.17. The van der Waals surface area contributed by atoms with Crippen molar-refractivity contribution in [1.82, 2.24) is 15.1 Å². The van der Waals surface area contributed by atoms with Gasteiger partial charge in [-0.25, -0.2) is 0 Å². The summed E-state index contributed by atoms with van der Waals surface area (Å²) in [5, 5.41) is 10.8. The smallest absolute Gasteiger partial charge is 0.243 e. The molecule has 1 N–H and O–H groups in total. The Morgan fingerprint density at radius 1 is 1.55 bits per heavy atom. The van der Waals surface area contributed by atoms with Crippen molar-refractivity contribution in [2.75, 3.05) is 26.7 Å². The molecular weight excluding hydrogens is 260 g/mol. The van der Waals surface area contributed by atoms with E-state index in [-0.39, 0.29) is 36.7 Å². The number of nitrogens with one attached hydrogen (secondary N) is 1. The molecule has 1 atom stereocenters. The van der Waals surface area contributed by atoms with E-state index in [4.69, 9.17) is 5.26 Å². The normalized spacial score (nSPS) is 19.4. The Labute approximate surface area is 118 Å². The van der Waals surface area contributed by atoms with Gasteiger partial charge in [-0.05, 0) is 6.42 Å². The molecule has 1 heterocycles. The summed E-state index contributed by atoms with van der Waals surface area (Å²) < 4.78 is 0. The number of carbonyl (C=O) groups is 3. The maximum atomic E-state index is 11.9. The van der Waals surface area contributed by atoms with Crippen LogP contribution in [-0.4, -0.2) is 60.2 Å². The SMILES string of the molecule is CCC1C(=O)NC(=O)CN1CCC(=O)N(C)CCC#N. The molecule has 7 nitrogen and oxygen atoms in total. The highest BCUT2D eigenvalue weighted by Crippen LogP contribution is 2.10. The number of imide groups is 1. The molecule has 0 aromatic carbocycles. The maximum absolute atomic E-state index is 11.9. The van der Waals surface area contributed by atoms with Crippen LogP contribution in [0.4, 0.5) is 0 Å². The lowest BCUT2D eigenvalue weighted by atomic mass is 10.1. The zero-order valence-corrected chi connectivity index (χ0v) is 11.9. The molecule has 0 saturated carbocycles. The van der Waals surface area contributed by atoms with E-state index in [2.05, 4.69) is 5.32 Å². The minimum absolute atomic E-state index is 0.0893. The van der Waals surface area contributed by atoms with Gasteiger partial charge in [0.1, 0.15) is 0 Å². The van der Waals surface area contributed by atoms with Crippen LogP contribution in [-0.2, 0) is 14.4 Å². The van der Waals surface area contributed by atoms with Crippen molar-refractivity contribution in [1.29, 1.82) is 5.26 Å². The molecule has 0 bridgehead atoms. The molecule has 110 valence electrons. The number of carbonyl (C=O) groups excluding carboxylic acids is 3. The van der Waals surface area contributed by atoms with Gasteiger partial charge in [0.15, 0.2) is 0 Å². The van der Waals surface area contributed by atoms with Crippen LogP contribution in [0.1, 0.15) is 26.2 Å². The fourth-order valence-electron chi connectivity index (χ4n) is 2.17. The standard InChI is InChI=1S/C13H20N4O3/c1-3-10-13(20)15-11(18)9-17(10)8-5-12(19)16(2)7-4-6-14/h10H,3-5,7-9H2,1-2H3,(H,15,18,20). The Morgan fingerprint density at radius 3 is 2.85 bits per heavy atom. The first-order valence-electron chi connectivity index (χ1n) is 6.68. The first-order chi connectivity index (χ1) is 9.49. The second kappa shape index (κ2) is 7.60. The third-order valence-corrected chi connectivity index (χ3v) is 3.34. The molecule has 1 aliphatic heterocycles. The zero-order chi connectivity index (χ0) is 15.1. The summed E-state index contributed by atoms with van der Waals surface area (Å²) >= 11 is 0. The van der Waals surface area contributed by atoms with Gasteiger partial charge in [-0.2, -0.15) is 5.26 Å². The summed E-state index contributed by atoms with van der Waals surface area (Å²) in [6, 6.07) is 1.63. The van der Waals surface area contributed by atoms with Crippen LogP contribution in [0.15, 0.2) is 0 Å². The Bertz CT molecular complexity index is 430. The second-order valence-corrected chi connectivity index (χ2v) is 4.78. The van der Waals surface area contributed by atoms with Gasteiger partial charge in [0.25, 0.3) is 0 Å². The van der Waals surface area contributed by atoms with E-state index in [1.54, 1.807) is 11.9 Å². The molecule has 1 rings (SSSR count). The van der Waals surface area contributed by atoms with Gasteiger partial charge in [-0.15, -0.1) is 0 Å². The van der Waals surface area contributed by atoms with Crippen molar-refractivity contribution < 1.29 is 14.4 Å². The third kappa shape index (κ3) is 4.31. The first-order valence-corrected chi connectivity index (χ1v) is 6.68. The van der Waals surface area contributed by atoms with E-state index >= 15 is 0 Å². The van der Waals surface area contributed by atoms with Gasteiger partial charge in [-0.3, -0.25) is 24.6 Å². The number of nitriles is 1.